The fourth-order valence-corrected chi connectivity index (χ4v) is 3.96. The molecule has 0 bridgehead atoms. The number of aromatic nitrogens is 1. The summed E-state index contributed by atoms with van der Waals surface area (Å²) >= 11 is 0. The molecule has 0 aliphatic heterocycles. The number of rotatable bonds is 9. The molecule has 26 heavy (non-hydrogen) atoms. The van der Waals surface area contributed by atoms with Crippen molar-refractivity contribution >= 4 is 15.9 Å². The lowest BCUT2D eigenvalue weighted by atomic mass is 10.2. The summed E-state index contributed by atoms with van der Waals surface area (Å²) in [5, 5.41) is 12.3. The molecule has 0 aliphatic rings. The maximum Gasteiger partial charge on any atom is 0.243 e. The van der Waals surface area contributed by atoms with E-state index < -0.39 is 10.0 Å². The van der Waals surface area contributed by atoms with Crippen LogP contribution in [0, 0.1) is 11.3 Å². The van der Waals surface area contributed by atoms with Crippen molar-refractivity contribution in [2.75, 3.05) is 25.0 Å². The molecular weight excluding hydrogens is 352 g/mol. The summed E-state index contributed by atoms with van der Waals surface area (Å²) < 4.78 is 32.1. The topological polar surface area (TPSA) is 99.2 Å². The molecule has 0 radical (unpaired) electrons. The molecule has 0 fully saturated rings. The molecule has 0 saturated carbocycles. The van der Waals surface area contributed by atoms with E-state index in [1.54, 1.807) is 26.0 Å². The summed E-state index contributed by atoms with van der Waals surface area (Å²) in [6.45, 7) is 7.21. The first-order chi connectivity index (χ1) is 12.5. The molecule has 0 atom stereocenters. The monoisotopic (exact) mass is 376 g/mol. The first-order valence-electron chi connectivity index (χ1n) is 8.73. The van der Waals surface area contributed by atoms with Gasteiger partial charge in [0.25, 0.3) is 0 Å². The Morgan fingerprint density at radius 3 is 2.38 bits per heavy atom. The van der Waals surface area contributed by atoms with Gasteiger partial charge in [-0.15, -0.1) is 0 Å². The van der Waals surface area contributed by atoms with Gasteiger partial charge in [0.1, 0.15) is 6.07 Å². The largest absolute Gasteiger partial charge is 0.419 e. The lowest BCUT2D eigenvalue weighted by Gasteiger charge is -2.18. The van der Waals surface area contributed by atoms with E-state index >= 15 is 0 Å². The Bertz CT molecular complexity index is 863. The molecular formula is C18H24N4O3S. The number of nitrogens with one attached hydrogen (secondary N) is 1. The second kappa shape index (κ2) is 8.83. The van der Waals surface area contributed by atoms with E-state index in [4.69, 9.17) is 4.42 Å². The number of anilines is 1. The second-order valence-electron chi connectivity index (χ2n) is 5.70. The smallest absolute Gasteiger partial charge is 0.243 e. The zero-order valence-electron chi connectivity index (χ0n) is 15.3. The molecule has 2 aromatic rings. The third-order valence-corrected chi connectivity index (χ3v) is 6.06. The van der Waals surface area contributed by atoms with Crippen LogP contribution >= 0.6 is 0 Å². The van der Waals surface area contributed by atoms with E-state index in [9.17, 15) is 13.7 Å². The van der Waals surface area contributed by atoms with Crippen LogP contribution in [0.15, 0.2) is 33.6 Å². The van der Waals surface area contributed by atoms with Crippen molar-refractivity contribution in [2.45, 2.75) is 38.5 Å². The molecule has 2 rings (SSSR count). The van der Waals surface area contributed by atoms with Crippen molar-refractivity contribution in [3.8, 4) is 17.5 Å². The van der Waals surface area contributed by atoms with Gasteiger partial charge in [0.05, 0.1) is 4.90 Å². The highest BCUT2D eigenvalue weighted by Crippen LogP contribution is 2.27. The van der Waals surface area contributed by atoms with Crippen LogP contribution in [0.5, 0.6) is 0 Å². The molecule has 1 N–H and O–H groups in total. The van der Waals surface area contributed by atoms with E-state index in [1.807, 2.05) is 6.07 Å². The van der Waals surface area contributed by atoms with Crippen molar-refractivity contribution in [2.24, 2.45) is 0 Å². The van der Waals surface area contributed by atoms with E-state index in [0.717, 1.165) is 12.8 Å². The van der Waals surface area contributed by atoms with Gasteiger partial charge in [-0.2, -0.15) is 14.6 Å². The SMILES string of the molecule is CCCCNc1oc(-c2ccc(S(=O)(=O)N(CC)CC)cc2)nc1C#N. The molecule has 1 heterocycles. The van der Waals surface area contributed by atoms with Gasteiger partial charge in [-0.05, 0) is 30.7 Å². The van der Waals surface area contributed by atoms with Gasteiger partial charge < -0.3 is 9.73 Å². The molecule has 0 aliphatic carbocycles. The van der Waals surface area contributed by atoms with Gasteiger partial charge in [0.2, 0.25) is 27.5 Å². The van der Waals surface area contributed by atoms with Crippen molar-refractivity contribution in [1.29, 1.82) is 5.26 Å². The van der Waals surface area contributed by atoms with Gasteiger partial charge in [-0.25, -0.2) is 8.42 Å². The maximum atomic E-state index is 12.5. The lowest BCUT2D eigenvalue weighted by molar-refractivity contribution is 0.445. The molecule has 7 nitrogen and oxygen atoms in total. The van der Waals surface area contributed by atoms with Gasteiger partial charge in [0, 0.05) is 25.2 Å². The van der Waals surface area contributed by atoms with E-state index in [1.165, 1.54) is 16.4 Å². The highest BCUT2D eigenvalue weighted by atomic mass is 32.2. The number of oxazole rings is 1. The summed E-state index contributed by atoms with van der Waals surface area (Å²) in [6.07, 6.45) is 1.98. The molecule has 0 spiro atoms. The molecule has 1 aromatic heterocycles. The Kier molecular flexibility index (Phi) is 6.77. The molecule has 0 saturated heterocycles. The highest BCUT2D eigenvalue weighted by Gasteiger charge is 2.22. The summed E-state index contributed by atoms with van der Waals surface area (Å²) in [4.78, 5) is 4.41. The van der Waals surface area contributed by atoms with Gasteiger partial charge in [0.15, 0.2) is 0 Å². The number of nitrogens with zero attached hydrogens (tertiary/aromatic N) is 3. The van der Waals surface area contributed by atoms with Crippen molar-refractivity contribution < 1.29 is 12.8 Å². The minimum atomic E-state index is -3.51. The number of hydrogen-bond donors (Lipinski definition) is 1. The molecule has 8 heteroatoms. The lowest BCUT2D eigenvalue weighted by Crippen LogP contribution is -2.30. The van der Waals surface area contributed by atoms with Crippen LogP contribution in [0.4, 0.5) is 5.88 Å². The predicted octanol–water partition coefficient (Wildman–Crippen LogP) is 3.46. The Hall–Kier alpha value is -2.37. The van der Waals surface area contributed by atoms with Crippen LogP contribution in [0.25, 0.3) is 11.5 Å². The summed E-state index contributed by atoms with van der Waals surface area (Å²) in [6, 6.07) is 8.35. The minimum Gasteiger partial charge on any atom is -0.419 e. The summed E-state index contributed by atoms with van der Waals surface area (Å²) in [7, 11) is -3.51. The van der Waals surface area contributed by atoms with E-state index in [2.05, 4.69) is 17.2 Å². The number of benzene rings is 1. The third kappa shape index (κ3) is 4.23. The van der Waals surface area contributed by atoms with Crippen molar-refractivity contribution in [3.63, 3.8) is 0 Å². The molecule has 0 unspecified atom stereocenters. The zero-order chi connectivity index (χ0) is 19.2. The Morgan fingerprint density at radius 2 is 1.85 bits per heavy atom. The van der Waals surface area contributed by atoms with Crippen LogP contribution < -0.4 is 5.32 Å². The van der Waals surface area contributed by atoms with Crippen molar-refractivity contribution in [3.05, 3.63) is 30.0 Å². The Balaban J connectivity index is 2.27. The van der Waals surface area contributed by atoms with Gasteiger partial charge >= 0.3 is 0 Å². The minimum absolute atomic E-state index is 0.191. The zero-order valence-corrected chi connectivity index (χ0v) is 16.1. The molecule has 140 valence electrons. The quantitative estimate of drug-likeness (QED) is 0.673. The average molecular weight is 376 g/mol. The standard InChI is InChI=1S/C18H24N4O3S/c1-4-7-12-20-18-16(13-19)21-17(25-18)14-8-10-15(11-9-14)26(23,24)22(5-2)6-3/h8-11,20H,4-7,12H2,1-3H3. The summed E-state index contributed by atoms with van der Waals surface area (Å²) in [5.41, 5.74) is 0.805. The van der Waals surface area contributed by atoms with Crippen LogP contribution in [0.3, 0.4) is 0 Å². The van der Waals surface area contributed by atoms with Crippen LogP contribution in [0.1, 0.15) is 39.3 Å². The first-order valence-corrected chi connectivity index (χ1v) is 10.2. The normalized spacial score (nSPS) is 11.5. The van der Waals surface area contributed by atoms with Gasteiger partial charge in [-0.1, -0.05) is 27.2 Å². The van der Waals surface area contributed by atoms with Crippen molar-refractivity contribution in [1.82, 2.24) is 9.29 Å². The number of hydrogen-bond acceptors (Lipinski definition) is 6. The Morgan fingerprint density at radius 1 is 1.19 bits per heavy atom. The molecule has 0 amide bonds. The van der Waals surface area contributed by atoms with E-state index in [-0.39, 0.29) is 16.5 Å². The fraction of sp³-hybridized carbons (Fsp3) is 0.444. The van der Waals surface area contributed by atoms with Crippen LogP contribution in [0.2, 0.25) is 0 Å². The number of unbranched alkanes of at least 4 members (excludes halogenated alkanes) is 1. The maximum absolute atomic E-state index is 12.5. The highest BCUT2D eigenvalue weighted by molar-refractivity contribution is 7.89. The van der Waals surface area contributed by atoms with E-state index in [0.29, 0.717) is 31.1 Å². The fourth-order valence-electron chi connectivity index (χ4n) is 2.50. The second-order valence-corrected chi connectivity index (χ2v) is 7.64. The molecule has 1 aromatic carbocycles. The van der Waals surface area contributed by atoms with Gasteiger partial charge in [-0.3, -0.25) is 0 Å². The predicted molar refractivity (Wildman–Crippen MR) is 100 cm³/mol. The number of nitriles is 1. The first kappa shape index (κ1) is 19.9. The Labute approximate surface area is 154 Å². The third-order valence-electron chi connectivity index (χ3n) is 3.99. The van der Waals surface area contributed by atoms with Crippen LogP contribution in [-0.2, 0) is 10.0 Å². The average Bonchev–Trinajstić information content (AvgIpc) is 3.06. The number of sulfonamides is 1. The summed E-state index contributed by atoms with van der Waals surface area (Å²) in [5.74, 6) is 0.628. The van der Waals surface area contributed by atoms with Crippen LogP contribution in [-0.4, -0.2) is 37.3 Å².